The summed E-state index contributed by atoms with van der Waals surface area (Å²) in [5.41, 5.74) is 0.155. The molecule has 0 saturated carbocycles. The molecular formula is C15H10F2N4O. The zero-order chi connectivity index (χ0) is 15.5. The van der Waals surface area contributed by atoms with E-state index in [9.17, 15) is 13.6 Å². The molecule has 0 unspecified atom stereocenters. The van der Waals surface area contributed by atoms with Gasteiger partial charge in [0.05, 0.1) is 11.3 Å². The number of rotatable bonds is 3. The largest absolute Gasteiger partial charge is 0.319 e. The van der Waals surface area contributed by atoms with Gasteiger partial charge in [-0.05, 0) is 30.3 Å². The van der Waals surface area contributed by atoms with Crippen LogP contribution in [0.3, 0.4) is 0 Å². The second-order valence-electron chi connectivity index (χ2n) is 4.43. The van der Waals surface area contributed by atoms with E-state index >= 15 is 0 Å². The predicted molar refractivity (Wildman–Crippen MR) is 75.7 cm³/mol. The van der Waals surface area contributed by atoms with E-state index in [1.807, 2.05) is 0 Å². The maximum Gasteiger partial charge on any atom is 0.257 e. The second kappa shape index (κ2) is 5.72. The molecule has 0 fully saturated rings. The lowest BCUT2D eigenvalue weighted by atomic mass is 10.2. The number of aromatic nitrogens is 3. The van der Waals surface area contributed by atoms with Crippen molar-refractivity contribution in [2.45, 2.75) is 0 Å². The van der Waals surface area contributed by atoms with Gasteiger partial charge in [0, 0.05) is 24.7 Å². The van der Waals surface area contributed by atoms with Crippen LogP contribution in [0.15, 0.2) is 55.0 Å². The SMILES string of the molecule is O=C(Nc1ccc(F)cc1F)c1ccc(-n2cccn2)nc1. The normalized spacial score (nSPS) is 10.5. The van der Waals surface area contributed by atoms with E-state index in [0.29, 0.717) is 11.9 Å². The molecule has 110 valence electrons. The number of nitrogens with one attached hydrogen (secondary N) is 1. The minimum atomic E-state index is -0.838. The van der Waals surface area contributed by atoms with Crippen LogP contribution >= 0.6 is 0 Å². The molecule has 1 N–H and O–H groups in total. The molecule has 3 rings (SSSR count). The number of benzene rings is 1. The fraction of sp³-hybridized carbons (Fsp3) is 0. The summed E-state index contributed by atoms with van der Waals surface area (Å²) in [6.45, 7) is 0. The van der Waals surface area contributed by atoms with Gasteiger partial charge in [-0.1, -0.05) is 0 Å². The molecule has 0 saturated heterocycles. The molecule has 0 radical (unpaired) electrons. The van der Waals surface area contributed by atoms with Crippen LogP contribution in [0.4, 0.5) is 14.5 Å². The zero-order valence-electron chi connectivity index (χ0n) is 11.2. The lowest BCUT2D eigenvalue weighted by molar-refractivity contribution is 0.102. The predicted octanol–water partition coefficient (Wildman–Crippen LogP) is 2.80. The molecule has 2 heterocycles. The first-order valence-corrected chi connectivity index (χ1v) is 6.36. The van der Waals surface area contributed by atoms with E-state index in [4.69, 9.17) is 0 Å². The van der Waals surface area contributed by atoms with Crippen molar-refractivity contribution >= 4 is 11.6 Å². The lowest BCUT2D eigenvalue weighted by Crippen LogP contribution is -2.13. The minimum Gasteiger partial charge on any atom is -0.319 e. The number of nitrogens with zero attached hydrogens (tertiary/aromatic N) is 3. The van der Waals surface area contributed by atoms with Crippen LogP contribution in [-0.2, 0) is 0 Å². The highest BCUT2D eigenvalue weighted by atomic mass is 19.1. The standard InChI is InChI=1S/C15H10F2N4O/c16-11-3-4-13(12(17)8-11)20-15(22)10-2-5-14(18-9-10)21-7-1-6-19-21/h1-9H,(H,20,22). The Morgan fingerprint density at radius 2 is 2.05 bits per heavy atom. The molecule has 1 amide bonds. The first-order chi connectivity index (χ1) is 10.6. The van der Waals surface area contributed by atoms with Crippen molar-refractivity contribution in [2.24, 2.45) is 0 Å². The van der Waals surface area contributed by atoms with Crippen LogP contribution < -0.4 is 5.32 Å². The molecule has 7 heteroatoms. The summed E-state index contributed by atoms with van der Waals surface area (Å²) in [7, 11) is 0. The average molecular weight is 300 g/mol. The number of hydrogen-bond donors (Lipinski definition) is 1. The summed E-state index contributed by atoms with van der Waals surface area (Å²) in [6, 6.07) is 7.84. The van der Waals surface area contributed by atoms with Crippen LogP contribution in [0, 0.1) is 11.6 Å². The number of halogens is 2. The number of carbonyl (C=O) groups excluding carboxylic acids is 1. The monoisotopic (exact) mass is 300 g/mol. The van der Waals surface area contributed by atoms with Crippen LogP contribution in [0.1, 0.15) is 10.4 Å². The van der Waals surface area contributed by atoms with E-state index in [1.165, 1.54) is 6.20 Å². The van der Waals surface area contributed by atoms with Crippen molar-refractivity contribution in [1.29, 1.82) is 0 Å². The van der Waals surface area contributed by atoms with Crippen molar-refractivity contribution in [3.63, 3.8) is 0 Å². The van der Waals surface area contributed by atoms with Gasteiger partial charge in [0.1, 0.15) is 11.6 Å². The summed E-state index contributed by atoms with van der Waals surface area (Å²) in [5.74, 6) is -1.53. The summed E-state index contributed by atoms with van der Waals surface area (Å²) in [5, 5.41) is 6.38. The third-order valence-corrected chi connectivity index (χ3v) is 2.93. The third-order valence-electron chi connectivity index (χ3n) is 2.93. The molecule has 3 aromatic rings. The molecule has 22 heavy (non-hydrogen) atoms. The molecule has 0 atom stereocenters. The number of amides is 1. The Morgan fingerprint density at radius 1 is 1.18 bits per heavy atom. The fourth-order valence-corrected chi connectivity index (χ4v) is 1.85. The molecule has 0 aliphatic rings. The number of pyridine rings is 1. The Hall–Kier alpha value is -3.09. The third kappa shape index (κ3) is 2.83. The Labute approximate surface area is 124 Å². The van der Waals surface area contributed by atoms with Gasteiger partial charge in [-0.2, -0.15) is 5.10 Å². The topological polar surface area (TPSA) is 59.8 Å². The first kappa shape index (κ1) is 13.9. The van der Waals surface area contributed by atoms with E-state index in [1.54, 1.807) is 35.3 Å². The van der Waals surface area contributed by atoms with Crippen molar-refractivity contribution in [3.8, 4) is 5.82 Å². The highest BCUT2D eigenvalue weighted by Gasteiger charge is 2.11. The van der Waals surface area contributed by atoms with Crippen LogP contribution in [0.5, 0.6) is 0 Å². The van der Waals surface area contributed by atoms with E-state index in [0.717, 1.165) is 12.1 Å². The number of anilines is 1. The summed E-state index contributed by atoms with van der Waals surface area (Å²) in [6.07, 6.45) is 4.68. The Morgan fingerprint density at radius 3 is 2.68 bits per heavy atom. The maximum atomic E-state index is 13.5. The molecule has 1 aromatic carbocycles. The molecule has 0 aliphatic carbocycles. The van der Waals surface area contributed by atoms with E-state index in [-0.39, 0.29) is 11.3 Å². The van der Waals surface area contributed by atoms with Crippen molar-refractivity contribution < 1.29 is 13.6 Å². The smallest absolute Gasteiger partial charge is 0.257 e. The van der Waals surface area contributed by atoms with Gasteiger partial charge in [0.25, 0.3) is 5.91 Å². The van der Waals surface area contributed by atoms with Gasteiger partial charge in [-0.25, -0.2) is 18.4 Å². The van der Waals surface area contributed by atoms with Gasteiger partial charge in [-0.15, -0.1) is 0 Å². The van der Waals surface area contributed by atoms with Gasteiger partial charge in [0.2, 0.25) is 0 Å². The number of hydrogen-bond acceptors (Lipinski definition) is 3. The van der Waals surface area contributed by atoms with E-state index < -0.39 is 17.5 Å². The fourth-order valence-electron chi connectivity index (χ4n) is 1.85. The molecule has 5 nitrogen and oxygen atoms in total. The quantitative estimate of drug-likeness (QED) is 0.809. The van der Waals surface area contributed by atoms with Crippen molar-refractivity contribution in [1.82, 2.24) is 14.8 Å². The Balaban J connectivity index is 1.77. The van der Waals surface area contributed by atoms with Gasteiger partial charge < -0.3 is 5.32 Å². The summed E-state index contributed by atoms with van der Waals surface area (Å²) < 4.78 is 27.9. The molecule has 0 spiro atoms. The molecular weight excluding hydrogens is 290 g/mol. The maximum absolute atomic E-state index is 13.5. The molecule has 2 aromatic heterocycles. The number of carbonyl (C=O) groups is 1. The Kier molecular flexibility index (Phi) is 3.61. The summed E-state index contributed by atoms with van der Waals surface area (Å²) in [4.78, 5) is 16.1. The van der Waals surface area contributed by atoms with Gasteiger partial charge in [-0.3, -0.25) is 4.79 Å². The van der Waals surface area contributed by atoms with Crippen LogP contribution in [0.25, 0.3) is 5.82 Å². The van der Waals surface area contributed by atoms with Crippen molar-refractivity contribution in [2.75, 3.05) is 5.32 Å². The van der Waals surface area contributed by atoms with Crippen LogP contribution in [0.2, 0.25) is 0 Å². The van der Waals surface area contributed by atoms with Gasteiger partial charge in [0.15, 0.2) is 5.82 Å². The van der Waals surface area contributed by atoms with Crippen molar-refractivity contribution in [3.05, 3.63) is 72.2 Å². The zero-order valence-corrected chi connectivity index (χ0v) is 11.2. The van der Waals surface area contributed by atoms with E-state index in [2.05, 4.69) is 15.4 Å². The van der Waals surface area contributed by atoms with Crippen LogP contribution in [-0.4, -0.2) is 20.7 Å². The molecule has 0 aliphatic heterocycles. The highest BCUT2D eigenvalue weighted by Crippen LogP contribution is 2.16. The second-order valence-corrected chi connectivity index (χ2v) is 4.43. The molecule has 0 bridgehead atoms. The Bertz CT molecular complexity index is 801. The summed E-state index contributed by atoms with van der Waals surface area (Å²) >= 11 is 0. The lowest BCUT2D eigenvalue weighted by Gasteiger charge is -2.07. The van der Waals surface area contributed by atoms with Gasteiger partial charge >= 0.3 is 0 Å². The average Bonchev–Trinajstić information content (AvgIpc) is 3.04. The minimum absolute atomic E-state index is 0.0949. The first-order valence-electron chi connectivity index (χ1n) is 6.36. The highest BCUT2D eigenvalue weighted by molar-refractivity contribution is 6.04.